The number of hydrogen-bond acceptors (Lipinski definition) is 6. The lowest BCUT2D eigenvalue weighted by Crippen LogP contribution is -2.52. The lowest BCUT2D eigenvalue weighted by atomic mass is 10.2. The number of para-hydroxylation sites is 1. The van der Waals surface area contributed by atoms with Gasteiger partial charge in [0, 0.05) is 26.7 Å². The number of amides is 3. The van der Waals surface area contributed by atoms with E-state index < -0.39 is 6.04 Å². The SMILES string of the molecule is Cn1nnnc1CN1CCN2C(=O)N(c3ccccc3)C(=O)C2C1. The summed E-state index contributed by atoms with van der Waals surface area (Å²) in [6, 6.07) is 8.36. The van der Waals surface area contributed by atoms with Crippen molar-refractivity contribution in [3.63, 3.8) is 0 Å². The van der Waals surface area contributed by atoms with E-state index in [0.29, 0.717) is 31.9 Å². The highest BCUT2D eigenvalue weighted by molar-refractivity contribution is 6.21. The van der Waals surface area contributed by atoms with Crippen molar-refractivity contribution in [2.75, 3.05) is 24.5 Å². The third kappa shape index (κ3) is 2.33. The van der Waals surface area contributed by atoms with Gasteiger partial charge in [-0.05, 0) is 22.6 Å². The molecule has 2 saturated heterocycles. The quantitative estimate of drug-likeness (QED) is 0.730. The Hall–Kier alpha value is -2.81. The molecule has 24 heavy (non-hydrogen) atoms. The van der Waals surface area contributed by atoms with Crippen LogP contribution in [0.15, 0.2) is 30.3 Å². The van der Waals surface area contributed by atoms with Gasteiger partial charge >= 0.3 is 6.03 Å². The van der Waals surface area contributed by atoms with E-state index in [1.165, 1.54) is 4.90 Å². The highest BCUT2D eigenvalue weighted by atomic mass is 16.2. The van der Waals surface area contributed by atoms with E-state index in [9.17, 15) is 9.59 Å². The molecule has 2 aliphatic heterocycles. The van der Waals surface area contributed by atoms with Crippen LogP contribution < -0.4 is 4.90 Å². The fraction of sp³-hybridized carbons (Fsp3) is 0.400. The van der Waals surface area contributed by atoms with Crippen molar-refractivity contribution in [1.29, 1.82) is 0 Å². The molecule has 1 aromatic carbocycles. The summed E-state index contributed by atoms with van der Waals surface area (Å²) in [5.74, 6) is 0.562. The van der Waals surface area contributed by atoms with Gasteiger partial charge in [-0.1, -0.05) is 18.2 Å². The van der Waals surface area contributed by atoms with Crippen LogP contribution in [0, 0.1) is 0 Å². The number of carbonyl (C=O) groups excluding carboxylic acids is 2. The maximum atomic E-state index is 12.8. The predicted molar refractivity (Wildman–Crippen MR) is 83.9 cm³/mol. The van der Waals surface area contributed by atoms with Crippen LogP contribution >= 0.6 is 0 Å². The van der Waals surface area contributed by atoms with Crippen molar-refractivity contribution in [1.82, 2.24) is 30.0 Å². The van der Waals surface area contributed by atoms with Gasteiger partial charge in [0.05, 0.1) is 12.2 Å². The first kappa shape index (κ1) is 14.8. The fourth-order valence-corrected chi connectivity index (χ4v) is 3.19. The summed E-state index contributed by atoms with van der Waals surface area (Å²) in [6.07, 6.45) is 0. The van der Waals surface area contributed by atoms with Crippen LogP contribution in [-0.4, -0.2) is 67.6 Å². The van der Waals surface area contributed by atoms with Gasteiger partial charge in [0.1, 0.15) is 6.04 Å². The maximum absolute atomic E-state index is 12.8. The Morgan fingerprint density at radius 1 is 1.17 bits per heavy atom. The first-order valence-corrected chi connectivity index (χ1v) is 7.78. The van der Waals surface area contributed by atoms with Gasteiger partial charge in [-0.15, -0.1) is 5.10 Å². The van der Waals surface area contributed by atoms with E-state index in [1.807, 2.05) is 18.2 Å². The minimum atomic E-state index is -0.451. The summed E-state index contributed by atoms with van der Waals surface area (Å²) in [7, 11) is 1.78. The second kappa shape index (κ2) is 5.68. The van der Waals surface area contributed by atoms with Crippen LogP contribution in [0.2, 0.25) is 0 Å². The van der Waals surface area contributed by atoms with Crippen LogP contribution in [0.4, 0.5) is 10.5 Å². The second-order valence-corrected chi connectivity index (χ2v) is 5.95. The highest BCUT2D eigenvalue weighted by Crippen LogP contribution is 2.27. The summed E-state index contributed by atoms with van der Waals surface area (Å²) in [5, 5.41) is 11.4. The molecular formula is C15H17N7O2. The molecule has 9 heteroatoms. The number of tetrazole rings is 1. The predicted octanol–water partition coefficient (Wildman–Crippen LogP) is -0.137. The molecule has 0 radical (unpaired) electrons. The van der Waals surface area contributed by atoms with Crippen LogP contribution in [-0.2, 0) is 18.4 Å². The number of hydrogen-bond donors (Lipinski definition) is 0. The highest BCUT2D eigenvalue weighted by Gasteiger charge is 2.48. The molecule has 0 aliphatic carbocycles. The van der Waals surface area contributed by atoms with E-state index in [4.69, 9.17) is 0 Å². The van der Waals surface area contributed by atoms with Crippen LogP contribution in [0.3, 0.4) is 0 Å². The Morgan fingerprint density at radius 2 is 1.96 bits per heavy atom. The van der Waals surface area contributed by atoms with Crippen molar-refractivity contribution in [2.45, 2.75) is 12.6 Å². The van der Waals surface area contributed by atoms with Crippen LogP contribution in [0.25, 0.3) is 0 Å². The normalized spacial score (nSPS) is 21.5. The molecular weight excluding hydrogens is 310 g/mol. The molecule has 9 nitrogen and oxygen atoms in total. The molecule has 2 fully saturated rings. The van der Waals surface area contributed by atoms with Crippen molar-refractivity contribution < 1.29 is 9.59 Å². The number of urea groups is 1. The van der Waals surface area contributed by atoms with Crippen molar-refractivity contribution in [2.24, 2.45) is 7.05 Å². The molecule has 0 saturated carbocycles. The Balaban J connectivity index is 1.53. The zero-order valence-electron chi connectivity index (χ0n) is 13.2. The Labute approximate surface area is 138 Å². The van der Waals surface area contributed by atoms with Crippen molar-refractivity contribution in [3.8, 4) is 0 Å². The number of benzene rings is 1. The maximum Gasteiger partial charge on any atom is 0.332 e. The third-order valence-corrected chi connectivity index (χ3v) is 4.49. The van der Waals surface area contributed by atoms with Crippen molar-refractivity contribution >= 4 is 17.6 Å². The second-order valence-electron chi connectivity index (χ2n) is 5.95. The van der Waals surface area contributed by atoms with Gasteiger partial charge in [0.2, 0.25) is 0 Å². The molecule has 4 rings (SSSR count). The molecule has 124 valence electrons. The lowest BCUT2D eigenvalue weighted by Gasteiger charge is -2.34. The molecule has 3 amide bonds. The molecule has 0 spiro atoms. The number of imide groups is 1. The van der Waals surface area contributed by atoms with Crippen molar-refractivity contribution in [3.05, 3.63) is 36.2 Å². The van der Waals surface area contributed by atoms with E-state index in [-0.39, 0.29) is 11.9 Å². The molecule has 1 atom stereocenters. The van der Waals surface area contributed by atoms with Gasteiger partial charge < -0.3 is 4.90 Å². The molecule has 1 unspecified atom stereocenters. The zero-order valence-corrected chi connectivity index (χ0v) is 13.2. The summed E-state index contributed by atoms with van der Waals surface area (Å²) in [4.78, 5) is 30.4. The number of aryl methyl sites for hydroxylation is 1. The molecule has 2 aromatic rings. The summed E-state index contributed by atoms with van der Waals surface area (Å²) < 4.78 is 1.62. The molecule has 3 heterocycles. The first-order valence-electron chi connectivity index (χ1n) is 7.78. The third-order valence-electron chi connectivity index (χ3n) is 4.49. The molecule has 2 aliphatic rings. The van der Waals surface area contributed by atoms with Gasteiger partial charge in [-0.25, -0.2) is 14.4 Å². The number of aromatic nitrogens is 4. The average molecular weight is 327 g/mol. The van der Waals surface area contributed by atoms with Crippen LogP contribution in [0.5, 0.6) is 0 Å². The number of anilines is 1. The number of fused-ring (bicyclic) bond motifs is 1. The number of piperazine rings is 1. The number of carbonyl (C=O) groups is 2. The Kier molecular flexibility index (Phi) is 3.49. The van der Waals surface area contributed by atoms with E-state index >= 15 is 0 Å². The number of rotatable bonds is 3. The Morgan fingerprint density at radius 3 is 2.67 bits per heavy atom. The topological polar surface area (TPSA) is 87.5 Å². The average Bonchev–Trinajstić information content (AvgIpc) is 3.10. The molecule has 0 N–H and O–H groups in total. The molecule has 0 bridgehead atoms. The lowest BCUT2D eigenvalue weighted by molar-refractivity contribution is -0.121. The number of nitrogens with zero attached hydrogens (tertiary/aromatic N) is 7. The largest absolute Gasteiger partial charge is 0.332 e. The zero-order chi connectivity index (χ0) is 16.7. The summed E-state index contributed by atoms with van der Waals surface area (Å²) in [5.41, 5.74) is 0.617. The summed E-state index contributed by atoms with van der Waals surface area (Å²) >= 11 is 0. The van der Waals surface area contributed by atoms with Crippen LogP contribution in [0.1, 0.15) is 5.82 Å². The summed E-state index contributed by atoms with van der Waals surface area (Å²) in [6.45, 7) is 2.25. The van der Waals surface area contributed by atoms with E-state index in [0.717, 1.165) is 5.82 Å². The standard InChI is InChI=1S/C15H17N7O2/c1-19-13(16-17-18-19)10-20-7-8-21-12(9-20)14(23)22(15(21)24)11-5-3-2-4-6-11/h2-6,12H,7-10H2,1H3. The Bertz CT molecular complexity index is 775. The van der Waals surface area contributed by atoms with Gasteiger partial charge in [-0.3, -0.25) is 9.69 Å². The van der Waals surface area contributed by atoms with E-state index in [2.05, 4.69) is 20.4 Å². The monoisotopic (exact) mass is 327 g/mol. The first-order chi connectivity index (χ1) is 11.6. The van der Waals surface area contributed by atoms with E-state index in [1.54, 1.807) is 28.8 Å². The minimum absolute atomic E-state index is 0.174. The van der Waals surface area contributed by atoms with Gasteiger partial charge in [-0.2, -0.15) is 0 Å². The smallest absolute Gasteiger partial charge is 0.309 e. The minimum Gasteiger partial charge on any atom is -0.309 e. The van der Waals surface area contributed by atoms with Gasteiger partial charge in [0.15, 0.2) is 5.82 Å². The van der Waals surface area contributed by atoms with Gasteiger partial charge in [0.25, 0.3) is 5.91 Å². The molecule has 1 aromatic heterocycles. The fourth-order valence-electron chi connectivity index (χ4n) is 3.19.